The minimum absolute atomic E-state index is 0. The van der Waals surface area contributed by atoms with E-state index in [0.717, 1.165) is 11.0 Å². The molecular formula is C27H25IrN2-. The minimum atomic E-state index is 0. The van der Waals surface area contributed by atoms with Gasteiger partial charge in [0.25, 0.3) is 0 Å². The van der Waals surface area contributed by atoms with Crippen LogP contribution in [0.1, 0.15) is 33.4 Å². The summed E-state index contributed by atoms with van der Waals surface area (Å²) >= 11 is 0. The van der Waals surface area contributed by atoms with Crippen molar-refractivity contribution >= 4 is 27.2 Å². The summed E-state index contributed by atoms with van der Waals surface area (Å²) in [5.41, 5.74) is 12.9. The van der Waals surface area contributed by atoms with Gasteiger partial charge in [0, 0.05) is 26.3 Å². The first kappa shape index (κ1) is 20.8. The summed E-state index contributed by atoms with van der Waals surface area (Å²) < 4.78 is 2.04. The molecule has 0 aliphatic rings. The van der Waals surface area contributed by atoms with E-state index in [9.17, 15) is 0 Å². The molecule has 5 rings (SSSR count). The molecule has 0 N–H and O–H groups in total. The summed E-state index contributed by atoms with van der Waals surface area (Å²) in [7, 11) is 0. The van der Waals surface area contributed by atoms with Gasteiger partial charge in [-0.25, -0.2) is 0 Å². The van der Waals surface area contributed by atoms with Gasteiger partial charge in [0.15, 0.2) is 0 Å². The Morgan fingerprint density at radius 3 is 2.13 bits per heavy atom. The molecule has 0 atom stereocenters. The molecule has 0 amide bonds. The SMILES string of the molecule is Cc1ccc2c(c1)c1c(-c3c(C)c(C)c(C)c(C)c3C)cc[c-]c1n1nccc21.[Ir]. The Morgan fingerprint density at radius 1 is 0.767 bits per heavy atom. The summed E-state index contributed by atoms with van der Waals surface area (Å²) in [5.74, 6) is 0. The molecule has 2 heterocycles. The Kier molecular flexibility index (Phi) is 5.08. The third-order valence-corrected chi connectivity index (χ3v) is 6.82. The molecule has 0 spiro atoms. The number of hydrogen-bond donors (Lipinski definition) is 0. The molecule has 3 heteroatoms. The number of rotatable bonds is 1. The van der Waals surface area contributed by atoms with Gasteiger partial charge in [-0.05, 0) is 91.9 Å². The monoisotopic (exact) mass is 570 g/mol. The molecule has 0 saturated carbocycles. The summed E-state index contributed by atoms with van der Waals surface area (Å²) in [6, 6.07) is 16.6. The maximum Gasteiger partial charge on any atom is 0.0711 e. The normalized spacial score (nSPS) is 11.4. The molecule has 5 aromatic rings. The van der Waals surface area contributed by atoms with Gasteiger partial charge in [-0.2, -0.15) is 23.3 Å². The van der Waals surface area contributed by atoms with Crippen molar-refractivity contribution in [1.29, 1.82) is 0 Å². The summed E-state index contributed by atoms with van der Waals surface area (Å²) in [6.45, 7) is 13.4. The third kappa shape index (κ3) is 2.76. The molecule has 30 heavy (non-hydrogen) atoms. The zero-order valence-corrected chi connectivity index (χ0v) is 20.7. The molecule has 0 fully saturated rings. The Balaban J connectivity index is 0.00000218. The second-order valence-corrected chi connectivity index (χ2v) is 8.29. The van der Waals surface area contributed by atoms with E-state index in [4.69, 9.17) is 0 Å². The van der Waals surface area contributed by atoms with Crippen molar-refractivity contribution in [3.8, 4) is 11.1 Å². The van der Waals surface area contributed by atoms with Gasteiger partial charge >= 0.3 is 0 Å². The van der Waals surface area contributed by atoms with E-state index in [1.54, 1.807) is 0 Å². The van der Waals surface area contributed by atoms with Crippen LogP contribution in [0.4, 0.5) is 0 Å². The number of aryl methyl sites for hydroxylation is 1. The number of nitrogens with zero attached hydrogens (tertiary/aromatic N) is 2. The van der Waals surface area contributed by atoms with Crippen LogP contribution in [0.5, 0.6) is 0 Å². The Hall–Kier alpha value is -2.48. The number of pyridine rings is 1. The first-order valence-corrected chi connectivity index (χ1v) is 10.2. The van der Waals surface area contributed by atoms with Gasteiger partial charge in [0.05, 0.1) is 5.52 Å². The Morgan fingerprint density at radius 2 is 1.43 bits per heavy atom. The van der Waals surface area contributed by atoms with Crippen LogP contribution in [-0.2, 0) is 20.1 Å². The molecule has 2 nitrogen and oxygen atoms in total. The van der Waals surface area contributed by atoms with Crippen LogP contribution in [0.3, 0.4) is 0 Å². The summed E-state index contributed by atoms with van der Waals surface area (Å²) in [5, 5.41) is 8.37. The number of fused-ring (bicyclic) bond motifs is 6. The van der Waals surface area contributed by atoms with Crippen molar-refractivity contribution in [3.05, 3.63) is 82.0 Å². The fraction of sp³-hybridized carbons (Fsp3) is 0.222. The van der Waals surface area contributed by atoms with Crippen LogP contribution in [-0.4, -0.2) is 9.61 Å². The van der Waals surface area contributed by atoms with Crippen LogP contribution in [0, 0.1) is 47.6 Å². The van der Waals surface area contributed by atoms with Crippen LogP contribution < -0.4 is 0 Å². The van der Waals surface area contributed by atoms with Gasteiger partial charge in [-0.15, -0.1) is 5.56 Å². The predicted octanol–water partition coefficient (Wildman–Crippen LogP) is 6.96. The maximum atomic E-state index is 4.63. The van der Waals surface area contributed by atoms with Crippen LogP contribution in [0.2, 0.25) is 0 Å². The van der Waals surface area contributed by atoms with Crippen LogP contribution in [0.25, 0.3) is 38.3 Å². The molecule has 0 unspecified atom stereocenters. The van der Waals surface area contributed by atoms with E-state index in [0.29, 0.717) is 0 Å². The van der Waals surface area contributed by atoms with E-state index in [1.807, 2.05) is 16.8 Å². The van der Waals surface area contributed by atoms with E-state index in [2.05, 4.69) is 83.0 Å². The fourth-order valence-corrected chi connectivity index (χ4v) is 4.81. The molecular weight excluding hydrogens is 545 g/mol. The minimum Gasteiger partial charge on any atom is -0.257 e. The van der Waals surface area contributed by atoms with Crippen molar-refractivity contribution in [3.63, 3.8) is 0 Å². The molecule has 0 saturated heterocycles. The van der Waals surface area contributed by atoms with Crippen molar-refractivity contribution in [2.24, 2.45) is 0 Å². The predicted molar refractivity (Wildman–Crippen MR) is 123 cm³/mol. The number of benzene rings is 3. The number of aromatic nitrogens is 2. The van der Waals surface area contributed by atoms with E-state index >= 15 is 0 Å². The average Bonchev–Trinajstić information content (AvgIpc) is 3.21. The molecule has 0 bridgehead atoms. The Bertz CT molecular complexity index is 1430. The summed E-state index contributed by atoms with van der Waals surface area (Å²) in [6.07, 6.45) is 1.88. The van der Waals surface area contributed by atoms with Gasteiger partial charge < -0.3 is 0 Å². The van der Waals surface area contributed by atoms with Crippen molar-refractivity contribution in [2.45, 2.75) is 41.5 Å². The van der Waals surface area contributed by atoms with Gasteiger partial charge in [0.1, 0.15) is 0 Å². The Labute approximate surface area is 191 Å². The quantitative estimate of drug-likeness (QED) is 0.158. The standard InChI is InChI=1S/C27H25N2.Ir/c1-15-10-11-21-23(14-15)27-22(8-7-9-25(27)29-24(21)12-13-28-29)26-19(5)17(3)16(2)18(4)20(26)6;/h7-8,10-14H,1-6H3;/q-1;. The second-order valence-electron chi connectivity index (χ2n) is 8.29. The molecule has 0 aliphatic heterocycles. The van der Waals surface area contributed by atoms with E-state index < -0.39 is 0 Å². The molecule has 3 aromatic carbocycles. The molecule has 153 valence electrons. The van der Waals surface area contributed by atoms with Gasteiger partial charge in [-0.3, -0.25) is 4.52 Å². The van der Waals surface area contributed by atoms with Crippen LogP contribution in [0.15, 0.2) is 42.6 Å². The van der Waals surface area contributed by atoms with E-state index in [-0.39, 0.29) is 20.1 Å². The maximum absolute atomic E-state index is 4.63. The van der Waals surface area contributed by atoms with Crippen LogP contribution >= 0.6 is 0 Å². The smallest absolute Gasteiger partial charge is 0.0711 e. The first-order chi connectivity index (χ1) is 13.9. The average molecular weight is 570 g/mol. The fourth-order valence-electron chi connectivity index (χ4n) is 4.81. The summed E-state index contributed by atoms with van der Waals surface area (Å²) in [4.78, 5) is 0. The zero-order valence-electron chi connectivity index (χ0n) is 18.3. The topological polar surface area (TPSA) is 17.3 Å². The van der Waals surface area contributed by atoms with Gasteiger partial charge in [0.2, 0.25) is 0 Å². The second kappa shape index (κ2) is 7.34. The molecule has 1 radical (unpaired) electrons. The van der Waals surface area contributed by atoms with Crippen molar-refractivity contribution in [2.75, 3.05) is 0 Å². The van der Waals surface area contributed by atoms with Crippen molar-refractivity contribution in [1.82, 2.24) is 9.61 Å². The first-order valence-electron chi connectivity index (χ1n) is 10.2. The molecule has 2 aromatic heterocycles. The zero-order chi connectivity index (χ0) is 20.4. The van der Waals surface area contributed by atoms with Crippen molar-refractivity contribution < 1.29 is 20.1 Å². The third-order valence-electron chi connectivity index (χ3n) is 6.82. The molecule has 0 aliphatic carbocycles. The van der Waals surface area contributed by atoms with E-state index in [1.165, 1.54) is 60.7 Å². The largest absolute Gasteiger partial charge is 0.257 e. The van der Waals surface area contributed by atoms with Gasteiger partial charge in [-0.1, -0.05) is 34.5 Å². The number of hydrogen-bond acceptors (Lipinski definition) is 1.